The highest BCUT2D eigenvalue weighted by Gasteiger charge is 2.12. The lowest BCUT2D eigenvalue weighted by molar-refractivity contribution is -0.120. The van der Waals surface area contributed by atoms with Crippen molar-refractivity contribution in [3.8, 4) is 0 Å². The number of nitrogens with zero attached hydrogens (tertiary/aromatic N) is 1. The number of hydrogen-bond acceptors (Lipinski definition) is 4. The van der Waals surface area contributed by atoms with Crippen LogP contribution < -0.4 is 16.6 Å². The second kappa shape index (κ2) is 7.23. The molecule has 0 spiro atoms. The molecule has 1 aliphatic heterocycles. The summed E-state index contributed by atoms with van der Waals surface area (Å²) in [6.45, 7) is 5.18. The Hall–Kier alpha value is -1.43. The van der Waals surface area contributed by atoms with Crippen LogP contribution in [0.3, 0.4) is 0 Å². The van der Waals surface area contributed by atoms with Crippen molar-refractivity contribution in [2.24, 2.45) is 5.84 Å². The molecule has 0 unspecified atom stereocenters. The van der Waals surface area contributed by atoms with Gasteiger partial charge in [-0.05, 0) is 30.6 Å². The van der Waals surface area contributed by atoms with Crippen molar-refractivity contribution in [1.82, 2.24) is 15.6 Å². The molecule has 5 nitrogen and oxygen atoms in total. The van der Waals surface area contributed by atoms with Gasteiger partial charge in [-0.2, -0.15) is 0 Å². The number of hydrazine groups is 1. The van der Waals surface area contributed by atoms with Crippen molar-refractivity contribution in [1.29, 1.82) is 0 Å². The molecule has 104 valence electrons. The van der Waals surface area contributed by atoms with Gasteiger partial charge < -0.3 is 5.32 Å². The predicted octanol–water partition coefficient (Wildman–Crippen LogP) is 0.0143. The van der Waals surface area contributed by atoms with Crippen LogP contribution in [0.15, 0.2) is 24.3 Å². The zero-order valence-electron chi connectivity index (χ0n) is 11.2. The molecule has 4 N–H and O–H groups in total. The van der Waals surface area contributed by atoms with Crippen LogP contribution >= 0.6 is 0 Å². The van der Waals surface area contributed by atoms with Crippen LogP contribution in [-0.4, -0.2) is 37.0 Å². The third-order valence-corrected chi connectivity index (χ3v) is 3.46. The first-order valence-corrected chi connectivity index (χ1v) is 6.79. The molecule has 1 aromatic rings. The Kier molecular flexibility index (Phi) is 5.32. The quantitative estimate of drug-likeness (QED) is 0.406. The van der Waals surface area contributed by atoms with Crippen molar-refractivity contribution in [2.75, 3.05) is 26.2 Å². The fourth-order valence-electron chi connectivity index (χ4n) is 2.41. The van der Waals surface area contributed by atoms with Crippen LogP contribution in [0.4, 0.5) is 0 Å². The molecule has 1 aromatic carbocycles. The lowest BCUT2D eigenvalue weighted by atomic mass is 10.0. The molecular formula is C14H22N4O. The molecule has 1 fully saturated rings. The van der Waals surface area contributed by atoms with Crippen molar-refractivity contribution >= 4 is 5.91 Å². The molecule has 0 aromatic heterocycles. The molecule has 0 saturated carbocycles. The summed E-state index contributed by atoms with van der Waals surface area (Å²) in [7, 11) is 0. The van der Waals surface area contributed by atoms with E-state index in [1.165, 1.54) is 12.0 Å². The standard InChI is InChI=1S/C14H22N4O/c15-17-14(19)10-12-4-1-2-5-13(12)11-18-8-3-6-16-7-9-18/h1-2,4-5,16H,3,6-11,15H2,(H,17,19). The van der Waals surface area contributed by atoms with Gasteiger partial charge in [0.15, 0.2) is 0 Å². The molecule has 2 rings (SSSR count). The van der Waals surface area contributed by atoms with Gasteiger partial charge in [0.25, 0.3) is 0 Å². The minimum atomic E-state index is -0.148. The van der Waals surface area contributed by atoms with Gasteiger partial charge in [0.1, 0.15) is 0 Å². The molecule has 1 aliphatic rings. The normalized spacial score (nSPS) is 16.9. The van der Waals surface area contributed by atoms with E-state index in [1.807, 2.05) is 18.2 Å². The molecule has 5 heteroatoms. The minimum Gasteiger partial charge on any atom is -0.315 e. The fraction of sp³-hybridized carbons (Fsp3) is 0.500. The van der Waals surface area contributed by atoms with Crippen LogP contribution in [-0.2, 0) is 17.8 Å². The Balaban J connectivity index is 2.03. The lowest BCUT2D eigenvalue weighted by Gasteiger charge is -2.21. The van der Waals surface area contributed by atoms with E-state index in [9.17, 15) is 4.79 Å². The summed E-state index contributed by atoms with van der Waals surface area (Å²) < 4.78 is 0. The molecule has 0 radical (unpaired) electrons. The number of amides is 1. The lowest BCUT2D eigenvalue weighted by Crippen LogP contribution is -2.32. The molecule has 0 aliphatic carbocycles. The monoisotopic (exact) mass is 262 g/mol. The molecule has 19 heavy (non-hydrogen) atoms. The summed E-state index contributed by atoms with van der Waals surface area (Å²) in [5.41, 5.74) is 4.47. The van der Waals surface area contributed by atoms with Crippen LogP contribution in [0.1, 0.15) is 17.5 Å². The third-order valence-electron chi connectivity index (χ3n) is 3.46. The average molecular weight is 262 g/mol. The van der Waals surface area contributed by atoms with Gasteiger partial charge in [0.05, 0.1) is 6.42 Å². The van der Waals surface area contributed by atoms with E-state index in [4.69, 9.17) is 5.84 Å². The number of rotatable bonds is 4. The van der Waals surface area contributed by atoms with Crippen LogP contribution in [0.5, 0.6) is 0 Å². The largest absolute Gasteiger partial charge is 0.315 e. The van der Waals surface area contributed by atoms with E-state index in [0.717, 1.165) is 38.3 Å². The summed E-state index contributed by atoms with van der Waals surface area (Å²) in [5.74, 6) is 5.01. The number of benzene rings is 1. The first-order chi connectivity index (χ1) is 9.29. The van der Waals surface area contributed by atoms with Crippen molar-refractivity contribution in [2.45, 2.75) is 19.4 Å². The van der Waals surface area contributed by atoms with Crippen molar-refractivity contribution in [3.05, 3.63) is 35.4 Å². The molecule has 1 saturated heterocycles. The van der Waals surface area contributed by atoms with Gasteiger partial charge in [-0.15, -0.1) is 0 Å². The average Bonchev–Trinajstić information content (AvgIpc) is 2.69. The fourth-order valence-corrected chi connectivity index (χ4v) is 2.41. The first kappa shape index (κ1) is 14.0. The Bertz CT molecular complexity index is 414. The van der Waals surface area contributed by atoms with E-state index in [-0.39, 0.29) is 5.91 Å². The van der Waals surface area contributed by atoms with Gasteiger partial charge in [0, 0.05) is 19.6 Å². The smallest absolute Gasteiger partial charge is 0.238 e. The maximum Gasteiger partial charge on any atom is 0.238 e. The summed E-state index contributed by atoms with van der Waals surface area (Å²) in [4.78, 5) is 13.9. The van der Waals surface area contributed by atoms with Crippen LogP contribution in [0, 0.1) is 0 Å². The van der Waals surface area contributed by atoms with E-state index in [2.05, 4.69) is 21.7 Å². The summed E-state index contributed by atoms with van der Waals surface area (Å²) in [6, 6.07) is 8.08. The van der Waals surface area contributed by atoms with Gasteiger partial charge in [-0.25, -0.2) is 5.84 Å². The Morgan fingerprint density at radius 3 is 2.84 bits per heavy atom. The maximum atomic E-state index is 11.4. The Labute approximate surface area is 114 Å². The highest BCUT2D eigenvalue weighted by molar-refractivity contribution is 5.78. The van der Waals surface area contributed by atoms with E-state index in [0.29, 0.717) is 6.42 Å². The minimum absolute atomic E-state index is 0.148. The van der Waals surface area contributed by atoms with E-state index in [1.54, 1.807) is 0 Å². The van der Waals surface area contributed by atoms with E-state index < -0.39 is 0 Å². The molecular weight excluding hydrogens is 240 g/mol. The molecule has 1 heterocycles. The second-order valence-corrected chi connectivity index (χ2v) is 4.89. The van der Waals surface area contributed by atoms with Crippen LogP contribution in [0.25, 0.3) is 0 Å². The second-order valence-electron chi connectivity index (χ2n) is 4.89. The Morgan fingerprint density at radius 1 is 1.26 bits per heavy atom. The highest BCUT2D eigenvalue weighted by atomic mass is 16.2. The summed E-state index contributed by atoms with van der Waals surface area (Å²) in [6.07, 6.45) is 1.52. The first-order valence-electron chi connectivity index (χ1n) is 6.79. The highest BCUT2D eigenvalue weighted by Crippen LogP contribution is 2.13. The molecule has 1 amide bonds. The van der Waals surface area contributed by atoms with Crippen LogP contribution in [0.2, 0.25) is 0 Å². The van der Waals surface area contributed by atoms with Gasteiger partial charge in [0.2, 0.25) is 5.91 Å². The summed E-state index contributed by atoms with van der Waals surface area (Å²) in [5, 5.41) is 3.40. The topological polar surface area (TPSA) is 70.4 Å². The number of hydrogen-bond donors (Lipinski definition) is 3. The van der Waals surface area contributed by atoms with E-state index >= 15 is 0 Å². The SMILES string of the molecule is NNC(=O)Cc1ccccc1CN1CCCNCC1. The zero-order chi connectivity index (χ0) is 13.5. The maximum absolute atomic E-state index is 11.4. The van der Waals surface area contributed by atoms with Crippen molar-refractivity contribution < 1.29 is 4.79 Å². The molecule has 0 bridgehead atoms. The molecule has 0 atom stereocenters. The number of nitrogens with one attached hydrogen (secondary N) is 2. The number of carbonyl (C=O) groups is 1. The predicted molar refractivity (Wildman–Crippen MR) is 75.2 cm³/mol. The summed E-state index contributed by atoms with van der Waals surface area (Å²) >= 11 is 0. The van der Waals surface area contributed by atoms with Gasteiger partial charge in [-0.1, -0.05) is 24.3 Å². The number of nitrogens with two attached hydrogens (primary N) is 1. The zero-order valence-corrected chi connectivity index (χ0v) is 11.2. The van der Waals surface area contributed by atoms with Crippen molar-refractivity contribution in [3.63, 3.8) is 0 Å². The third kappa shape index (κ3) is 4.31. The van der Waals surface area contributed by atoms with Gasteiger partial charge in [-0.3, -0.25) is 15.1 Å². The number of carbonyl (C=O) groups excluding carboxylic acids is 1. The van der Waals surface area contributed by atoms with Gasteiger partial charge >= 0.3 is 0 Å². The Morgan fingerprint density at radius 2 is 2.05 bits per heavy atom.